The van der Waals surface area contributed by atoms with Gasteiger partial charge in [0.25, 0.3) is 0 Å². The largest absolute Gasteiger partial charge is 0.481 e. The fourth-order valence-corrected chi connectivity index (χ4v) is 2.91. The van der Waals surface area contributed by atoms with Crippen LogP contribution in [0.3, 0.4) is 0 Å². The first-order valence-electron chi connectivity index (χ1n) is 5.97. The van der Waals surface area contributed by atoms with Crippen LogP contribution in [0.25, 0.3) is 21.5 Å². The first-order valence-corrected chi connectivity index (χ1v) is 6.84. The van der Waals surface area contributed by atoms with Gasteiger partial charge in [0.1, 0.15) is 5.01 Å². The number of carboxylic acids is 1. The molecule has 2 aromatic heterocycles. The summed E-state index contributed by atoms with van der Waals surface area (Å²) in [5, 5.41) is 12.7. The van der Waals surface area contributed by atoms with Gasteiger partial charge in [0.2, 0.25) is 0 Å². The maximum absolute atomic E-state index is 10.6. The van der Waals surface area contributed by atoms with Gasteiger partial charge in [-0.05, 0) is 6.07 Å². The van der Waals surface area contributed by atoms with Crippen molar-refractivity contribution >= 4 is 28.2 Å². The molecule has 0 amide bonds. The molecule has 0 fully saturated rings. The van der Waals surface area contributed by atoms with Crippen LogP contribution in [0.4, 0.5) is 0 Å². The maximum Gasteiger partial charge on any atom is 0.303 e. The number of nitrogens with one attached hydrogen (secondary N) is 1. The van der Waals surface area contributed by atoms with E-state index in [0.29, 0.717) is 6.42 Å². The highest BCUT2D eigenvalue weighted by Gasteiger charge is 2.10. The van der Waals surface area contributed by atoms with Crippen LogP contribution in [0.15, 0.2) is 35.8 Å². The number of aryl methyl sites for hydroxylation is 1. The fraction of sp³-hybridized carbons (Fsp3) is 0.143. The number of nitrogens with zero attached hydrogens (tertiary/aromatic N) is 1. The third-order valence-corrected chi connectivity index (χ3v) is 3.89. The number of H-pyrrole nitrogens is 1. The van der Waals surface area contributed by atoms with E-state index < -0.39 is 5.97 Å². The minimum absolute atomic E-state index is 0.122. The van der Waals surface area contributed by atoms with E-state index in [9.17, 15) is 4.79 Å². The summed E-state index contributed by atoms with van der Waals surface area (Å²) in [7, 11) is 0. The lowest BCUT2D eigenvalue weighted by molar-refractivity contribution is -0.136. The monoisotopic (exact) mass is 272 g/mol. The number of benzene rings is 1. The first kappa shape index (κ1) is 11.9. The predicted molar refractivity (Wildman–Crippen MR) is 75.4 cm³/mol. The lowest BCUT2D eigenvalue weighted by atomic mass is 10.2. The summed E-state index contributed by atoms with van der Waals surface area (Å²) in [6.45, 7) is 0. The van der Waals surface area contributed by atoms with Crippen LogP contribution in [0, 0.1) is 0 Å². The van der Waals surface area contributed by atoms with Gasteiger partial charge in [-0.25, -0.2) is 4.98 Å². The summed E-state index contributed by atoms with van der Waals surface area (Å²) < 4.78 is 0. The number of carboxylic acid groups (broad SMARTS) is 1. The minimum Gasteiger partial charge on any atom is -0.481 e. The predicted octanol–water partition coefficient (Wildman–Crippen LogP) is 3.31. The van der Waals surface area contributed by atoms with Crippen molar-refractivity contribution in [3.63, 3.8) is 0 Å². The Morgan fingerprint density at radius 3 is 3.05 bits per heavy atom. The van der Waals surface area contributed by atoms with Gasteiger partial charge < -0.3 is 10.1 Å². The second kappa shape index (κ2) is 4.85. The van der Waals surface area contributed by atoms with Crippen molar-refractivity contribution in [2.24, 2.45) is 0 Å². The second-order valence-electron chi connectivity index (χ2n) is 4.29. The van der Waals surface area contributed by atoms with E-state index in [1.165, 1.54) is 0 Å². The van der Waals surface area contributed by atoms with E-state index >= 15 is 0 Å². The maximum atomic E-state index is 10.6. The highest BCUT2D eigenvalue weighted by atomic mass is 32.1. The molecule has 4 nitrogen and oxygen atoms in total. The molecule has 0 aliphatic heterocycles. The van der Waals surface area contributed by atoms with E-state index in [1.54, 1.807) is 11.3 Å². The number of thiazole rings is 1. The molecule has 5 heteroatoms. The lowest BCUT2D eigenvalue weighted by Gasteiger charge is -1.94. The van der Waals surface area contributed by atoms with Crippen molar-refractivity contribution in [2.75, 3.05) is 0 Å². The quantitative estimate of drug-likeness (QED) is 0.765. The van der Waals surface area contributed by atoms with Crippen molar-refractivity contribution in [2.45, 2.75) is 12.8 Å². The number of para-hydroxylation sites is 1. The molecular formula is C14H12N2O2S. The third-order valence-electron chi connectivity index (χ3n) is 2.97. The van der Waals surface area contributed by atoms with E-state index in [2.05, 4.69) is 16.0 Å². The highest BCUT2D eigenvalue weighted by Crippen LogP contribution is 2.30. The van der Waals surface area contributed by atoms with Gasteiger partial charge in [0.15, 0.2) is 0 Å². The standard InChI is InChI=1S/C14H12N2O2S/c17-13(18)6-5-9-8-19-14(16-9)11-7-15-12-4-2-1-3-10(11)12/h1-4,7-8,15H,5-6H2,(H,17,18). The van der Waals surface area contributed by atoms with Crippen molar-refractivity contribution < 1.29 is 9.90 Å². The van der Waals surface area contributed by atoms with Gasteiger partial charge >= 0.3 is 5.97 Å². The Balaban J connectivity index is 1.92. The Bertz CT molecular complexity index is 730. The summed E-state index contributed by atoms with van der Waals surface area (Å²) in [5.74, 6) is -0.790. The zero-order valence-corrected chi connectivity index (χ0v) is 10.9. The van der Waals surface area contributed by atoms with Crippen molar-refractivity contribution in [3.05, 3.63) is 41.5 Å². The summed E-state index contributed by atoms with van der Waals surface area (Å²) in [4.78, 5) is 18.3. The number of aliphatic carboxylic acids is 1. The number of rotatable bonds is 4. The summed E-state index contributed by atoms with van der Waals surface area (Å²) in [6.07, 6.45) is 2.55. The van der Waals surface area contributed by atoms with Gasteiger partial charge in [-0.2, -0.15) is 0 Å². The Morgan fingerprint density at radius 1 is 1.37 bits per heavy atom. The Morgan fingerprint density at radius 2 is 2.21 bits per heavy atom. The number of aromatic nitrogens is 2. The molecule has 0 aliphatic rings. The molecular weight excluding hydrogens is 260 g/mol. The molecule has 96 valence electrons. The zero-order chi connectivity index (χ0) is 13.2. The van der Waals surface area contributed by atoms with Crippen molar-refractivity contribution in [3.8, 4) is 10.6 Å². The molecule has 0 saturated carbocycles. The van der Waals surface area contributed by atoms with Gasteiger partial charge in [-0.3, -0.25) is 4.79 Å². The molecule has 2 heterocycles. The normalized spacial score (nSPS) is 10.9. The number of fused-ring (bicyclic) bond motifs is 1. The van der Waals surface area contributed by atoms with E-state index in [4.69, 9.17) is 5.11 Å². The summed E-state index contributed by atoms with van der Waals surface area (Å²) in [6, 6.07) is 8.07. The average molecular weight is 272 g/mol. The molecule has 0 aliphatic carbocycles. The fourth-order valence-electron chi connectivity index (χ4n) is 2.03. The Kier molecular flexibility index (Phi) is 3.05. The molecule has 19 heavy (non-hydrogen) atoms. The number of hydrogen-bond donors (Lipinski definition) is 2. The summed E-state index contributed by atoms with van der Waals surface area (Å²) in [5.41, 5.74) is 3.00. The molecule has 0 unspecified atom stereocenters. The SMILES string of the molecule is O=C(O)CCc1csc(-c2c[nH]c3ccccc23)n1. The number of aromatic amines is 1. The van der Waals surface area contributed by atoms with Crippen LogP contribution in [-0.2, 0) is 11.2 Å². The summed E-state index contributed by atoms with van der Waals surface area (Å²) >= 11 is 1.55. The van der Waals surface area contributed by atoms with Crippen LogP contribution >= 0.6 is 11.3 Å². The van der Waals surface area contributed by atoms with Gasteiger partial charge in [0.05, 0.1) is 12.1 Å². The van der Waals surface area contributed by atoms with Gasteiger partial charge in [-0.1, -0.05) is 18.2 Å². The highest BCUT2D eigenvalue weighted by molar-refractivity contribution is 7.13. The molecule has 3 aromatic rings. The Labute approximate surface area is 113 Å². The lowest BCUT2D eigenvalue weighted by Crippen LogP contribution is -1.97. The molecule has 0 saturated heterocycles. The van der Waals surface area contributed by atoms with Gasteiger partial charge in [-0.15, -0.1) is 11.3 Å². The molecule has 2 N–H and O–H groups in total. The number of carbonyl (C=O) groups is 1. The van der Waals surface area contributed by atoms with Crippen LogP contribution in [0.1, 0.15) is 12.1 Å². The molecule has 0 bridgehead atoms. The average Bonchev–Trinajstić information content (AvgIpc) is 3.02. The third kappa shape index (κ3) is 2.37. The van der Waals surface area contributed by atoms with Crippen LogP contribution in [0.2, 0.25) is 0 Å². The smallest absolute Gasteiger partial charge is 0.303 e. The van der Waals surface area contributed by atoms with E-state index in [1.807, 2.05) is 29.8 Å². The van der Waals surface area contributed by atoms with Crippen molar-refractivity contribution in [1.29, 1.82) is 0 Å². The Hall–Kier alpha value is -2.14. The molecule has 0 atom stereocenters. The first-order chi connectivity index (χ1) is 9.24. The topological polar surface area (TPSA) is 66.0 Å². The van der Waals surface area contributed by atoms with Crippen LogP contribution in [-0.4, -0.2) is 21.0 Å². The molecule has 0 radical (unpaired) electrons. The molecule has 0 spiro atoms. The van der Waals surface area contributed by atoms with E-state index in [0.717, 1.165) is 27.2 Å². The number of hydrogen-bond acceptors (Lipinski definition) is 3. The molecule has 3 rings (SSSR count). The van der Waals surface area contributed by atoms with Gasteiger partial charge in [0, 0.05) is 34.5 Å². The zero-order valence-electron chi connectivity index (χ0n) is 10.1. The molecule has 1 aromatic carbocycles. The second-order valence-corrected chi connectivity index (χ2v) is 5.14. The van der Waals surface area contributed by atoms with E-state index in [-0.39, 0.29) is 6.42 Å². The minimum atomic E-state index is -0.790. The van der Waals surface area contributed by atoms with Crippen LogP contribution in [0.5, 0.6) is 0 Å². The van der Waals surface area contributed by atoms with Crippen molar-refractivity contribution in [1.82, 2.24) is 9.97 Å². The van der Waals surface area contributed by atoms with Crippen LogP contribution < -0.4 is 0 Å².